The van der Waals surface area contributed by atoms with E-state index in [0.717, 1.165) is 0 Å². The number of aromatic amines is 1. The van der Waals surface area contributed by atoms with Gasteiger partial charge in [0.2, 0.25) is 6.23 Å². The largest absolute Gasteiger partial charge is 0.384 e. The van der Waals surface area contributed by atoms with Crippen LogP contribution < -0.4 is 11.2 Å². The molecule has 26 heavy (non-hydrogen) atoms. The summed E-state index contributed by atoms with van der Waals surface area (Å²) in [6.45, 7) is 3.07. The number of aliphatic hydroxyl groups is 1. The molecule has 0 spiro atoms. The van der Waals surface area contributed by atoms with E-state index in [1.165, 1.54) is 13.8 Å². The second kappa shape index (κ2) is 7.87. The van der Waals surface area contributed by atoms with Gasteiger partial charge in [0.25, 0.3) is 5.56 Å². The molecule has 1 aromatic heterocycles. The predicted octanol–water partition coefficient (Wildman–Crippen LogP) is 1.35. The summed E-state index contributed by atoms with van der Waals surface area (Å²) in [5.41, 5.74) is -2.15. The number of rotatable bonds is 7. The minimum absolute atomic E-state index is 0.00506. The van der Waals surface area contributed by atoms with Gasteiger partial charge in [-0.2, -0.15) is 8.78 Å². The van der Waals surface area contributed by atoms with Gasteiger partial charge in [-0.05, 0) is 13.8 Å². The van der Waals surface area contributed by atoms with E-state index in [-0.39, 0.29) is 13.2 Å². The molecule has 1 fully saturated rings. The minimum atomic E-state index is -3.93. The zero-order valence-corrected chi connectivity index (χ0v) is 15.5. The summed E-state index contributed by atoms with van der Waals surface area (Å²) < 4.78 is 56.9. The Bertz CT molecular complexity index is 804. The first-order valence-electron chi connectivity index (χ1n) is 7.66. The normalized spacial score (nSPS) is 25.5. The van der Waals surface area contributed by atoms with Crippen molar-refractivity contribution < 1.29 is 32.2 Å². The highest BCUT2D eigenvalue weighted by atomic mass is 35.5. The minimum Gasteiger partial charge on any atom is -0.384 e. The number of hydrogen-bond acceptors (Lipinski definition) is 7. The van der Waals surface area contributed by atoms with E-state index in [2.05, 4.69) is 0 Å². The molecular weight excluding hydrogens is 401 g/mol. The lowest BCUT2D eigenvalue weighted by Gasteiger charge is -2.22. The zero-order valence-electron chi connectivity index (χ0n) is 13.9. The van der Waals surface area contributed by atoms with Crippen molar-refractivity contribution in [2.75, 3.05) is 19.4 Å². The Morgan fingerprint density at radius 1 is 1.38 bits per heavy atom. The van der Waals surface area contributed by atoms with Gasteiger partial charge < -0.3 is 18.9 Å². The molecule has 0 unspecified atom stereocenters. The summed E-state index contributed by atoms with van der Waals surface area (Å²) in [5, 5.41) is 9.42. The highest BCUT2D eigenvalue weighted by Gasteiger charge is 2.61. The van der Waals surface area contributed by atoms with Crippen LogP contribution in [0.3, 0.4) is 0 Å². The number of aliphatic hydroxyl groups excluding tert-OH is 1. The summed E-state index contributed by atoms with van der Waals surface area (Å²) in [7, 11) is -3.80. The summed E-state index contributed by atoms with van der Waals surface area (Å²) in [5.74, 6) is -3.93. The molecule has 0 bridgehead atoms. The van der Waals surface area contributed by atoms with Crippen molar-refractivity contribution in [2.45, 2.75) is 38.2 Å². The Labute approximate surface area is 151 Å². The molecule has 1 aromatic rings. The number of aromatic nitrogens is 2. The lowest BCUT2D eigenvalue weighted by Crippen LogP contribution is -2.42. The number of ether oxygens (including phenoxy) is 1. The highest BCUT2D eigenvalue weighted by Crippen LogP contribution is 2.53. The van der Waals surface area contributed by atoms with Gasteiger partial charge in [-0.3, -0.25) is 18.9 Å². The van der Waals surface area contributed by atoms with Crippen LogP contribution in [0.1, 0.15) is 20.1 Å². The topological polar surface area (TPSA) is 120 Å². The number of nitrogens with zero attached hydrogens (tertiary/aromatic N) is 1. The molecule has 0 saturated carbocycles. The van der Waals surface area contributed by atoms with Crippen LogP contribution in [0.2, 0.25) is 5.02 Å². The third-order valence-corrected chi connectivity index (χ3v) is 5.99. The molecule has 1 aliphatic rings. The van der Waals surface area contributed by atoms with E-state index in [0.29, 0.717) is 10.8 Å². The lowest BCUT2D eigenvalue weighted by atomic mass is 10.1. The molecule has 0 amide bonds. The van der Waals surface area contributed by atoms with Crippen LogP contribution in [-0.4, -0.2) is 52.2 Å². The van der Waals surface area contributed by atoms with Crippen molar-refractivity contribution in [1.29, 1.82) is 0 Å². The summed E-state index contributed by atoms with van der Waals surface area (Å²) >= 11 is 5.57. The van der Waals surface area contributed by atoms with Crippen molar-refractivity contribution in [3.05, 3.63) is 32.1 Å². The molecule has 0 radical (unpaired) electrons. The SMILES string of the molecule is CCOP(=O)(C[C@H]1O[C@@H](n2cc(Cl)c(=O)[nH]c2=O)C(F)(F)[C@@H]1O)OCC. The molecule has 2 N–H and O–H groups in total. The van der Waals surface area contributed by atoms with Crippen LogP contribution in [-0.2, 0) is 18.3 Å². The van der Waals surface area contributed by atoms with Crippen LogP contribution in [0.4, 0.5) is 8.78 Å². The molecule has 1 saturated heterocycles. The quantitative estimate of drug-likeness (QED) is 0.641. The van der Waals surface area contributed by atoms with Crippen molar-refractivity contribution in [3.8, 4) is 0 Å². The molecule has 13 heteroatoms. The van der Waals surface area contributed by atoms with Crippen molar-refractivity contribution in [2.24, 2.45) is 0 Å². The molecule has 9 nitrogen and oxygen atoms in total. The van der Waals surface area contributed by atoms with Gasteiger partial charge in [0.05, 0.1) is 19.4 Å². The molecule has 2 heterocycles. The maximum atomic E-state index is 14.5. The number of H-pyrrole nitrogens is 1. The van der Waals surface area contributed by atoms with Gasteiger partial charge >= 0.3 is 19.2 Å². The second-order valence-corrected chi connectivity index (χ2v) is 7.93. The maximum absolute atomic E-state index is 14.5. The van der Waals surface area contributed by atoms with Gasteiger partial charge in [0.15, 0.2) is 0 Å². The average Bonchev–Trinajstić information content (AvgIpc) is 2.75. The fourth-order valence-electron chi connectivity index (χ4n) is 2.51. The fourth-order valence-corrected chi connectivity index (χ4v) is 4.46. The van der Waals surface area contributed by atoms with E-state index in [4.69, 9.17) is 25.4 Å². The first kappa shape index (κ1) is 21.2. The smallest absolute Gasteiger partial charge is 0.333 e. The van der Waals surface area contributed by atoms with Crippen LogP contribution in [0, 0.1) is 0 Å². The summed E-state index contributed by atoms with van der Waals surface area (Å²) in [6, 6.07) is 0. The summed E-state index contributed by atoms with van der Waals surface area (Å²) in [4.78, 5) is 24.9. The number of nitrogens with one attached hydrogen (secondary N) is 1. The van der Waals surface area contributed by atoms with Crippen molar-refractivity contribution >= 4 is 19.2 Å². The van der Waals surface area contributed by atoms with Gasteiger partial charge in [0, 0.05) is 6.20 Å². The first-order valence-corrected chi connectivity index (χ1v) is 9.76. The molecule has 1 aliphatic heterocycles. The Morgan fingerprint density at radius 2 is 1.96 bits per heavy atom. The van der Waals surface area contributed by atoms with E-state index < -0.39 is 54.4 Å². The molecule has 3 atom stereocenters. The van der Waals surface area contributed by atoms with Gasteiger partial charge in [-0.15, -0.1) is 0 Å². The van der Waals surface area contributed by atoms with E-state index >= 15 is 0 Å². The lowest BCUT2D eigenvalue weighted by molar-refractivity contribution is -0.140. The van der Waals surface area contributed by atoms with Crippen LogP contribution >= 0.6 is 19.2 Å². The third-order valence-electron chi connectivity index (χ3n) is 3.61. The van der Waals surface area contributed by atoms with E-state index in [1.54, 1.807) is 4.98 Å². The number of halogens is 3. The highest BCUT2D eigenvalue weighted by molar-refractivity contribution is 7.53. The molecular formula is C13H18ClF2N2O7P. The Hall–Kier alpha value is -1.10. The van der Waals surface area contributed by atoms with Crippen molar-refractivity contribution in [1.82, 2.24) is 9.55 Å². The molecule has 148 valence electrons. The van der Waals surface area contributed by atoms with Crippen LogP contribution in [0.5, 0.6) is 0 Å². The first-order chi connectivity index (χ1) is 12.1. The van der Waals surface area contributed by atoms with Gasteiger partial charge in [0.1, 0.15) is 17.2 Å². The zero-order chi connectivity index (χ0) is 19.7. The number of alkyl halides is 2. The Balaban J connectivity index is 2.36. The third kappa shape index (κ3) is 4.08. The second-order valence-electron chi connectivity index (χ2n) is 5.42. The standard InChI is InChI=1S/C13H18ClF2N2O7P/c1-3-23-26(22,24-4-2)6-8-9(19)13(15,16)11(25-8)18-5-7(14)10(20)17-12(18)21/h5,8-9,11,19H,3-4,6H2,1-2H3,(H,17,20,21)/t8-,9-,11-/m1/s1. The maximum Gasteiger partial charge on any atom is 0.333 e. The molecule has 2 rings (SSSR count). The van der Waals surface area contributed by atoms with Crippen LogP contribution in [0.15, 0.2) is 15.8 Å². The van der Waals surface area contributed by atoms with Crippen molar-refractivity contribution in [3.63, 3.8) is 0 Å². The molecule has 0 aliphatic carbocycles. The fraction of sp³-hybridized carbons (Fsp3) is 0.692. The van der Waals surface area contributed by atoms with Gasteiger partial charge in [-0.25, -0.2) is 4.79 Å². The monoisotopic (exact) mass is 418 g/mol. The number of hydrogen-bond donors (Lipinski definition) is 2. The Morgan fingerprint density at radius 3 is 2.50 bits per heavy atom. The molecule has 0 aromatic carbocycles. The average molecular weight is 419 g/mol. The summed E-state index contributed by atoms with van der Waals surface area (Å²) in [6.07, 6.45) is -6.26. The van der Waals surface area contributed by atoms with Crippen LogP contribution in [0.25, 0.3) is 0 Å². The van der Waals surface area contributed by atoms with E-state index in [1.807, 2.05) is 0 Å². The van der Waals surface area contributed by atoms with E-state index in [9.17, 15) is 28.0 Å². The predicted molar refractivity (Wildman–Crippen MR) is 86.9 cm³/mol. The van der Waals surface area contributed by atoms with Gasteiger partial charge in [-0.1, -0.05) is 11.6 Å². The Kier molecular flexibility index (Phi) is 6.42.